The summed E-state index contributed by atoms with van der Waals surface area (Å²) in [6, 6.07) is 1.81. The van der Waals surface area contributed by atoms with Crippen LogP contribution < -0.4 is 5.48 Å². The van der Waals surface area contributed by atoms with Crippen molar-refractivity contribution >= 4 is 5.91 Å². The number of likely N-dealkylation sites (N-methyl/N-ethyl adjacent to an activating group) is 1. The molecule has 0 spiro atoms. The number of aromatic nitrogens is 1. The van der Waals surface area contributed by atoms with Crippen LogP contribution in [0.3, 0.4) is 0 Å². The molecule has 1 aliphatic rings. The average Bonchev–Trinajstić information content (AvgIpc) is 2.59. The van der Waals surface area contributed by atoms with Crippen molar-refractivity contribution in [3.63, 3.8) is 0 Å². The van der Waals surface area contributed by atoms with Gasteiger partial charge in [0.05, 0.1) is 5.56 Å². The molecule has 2 rings (SSSR count). The van der Waals surface area contributed by atoms with E-state index < -0.39 is 5.91 Å². The first-order valence-electron chi connectivity index (χ1n) is 4.53. The molecule has 0 unspecified atom stereocenters. The van der Waals surface area contributed by atoms with Crippen molar-refractivity contribution in [1.82, 2.24) is 14.9 Å². The average molecular weight is 195 g/mol. The molecule has 5 nitrogen and oxygen atoms in total. The van der Waals surface area contributed by atoms with Gasteiger partial charge in [0.1, 0.15) is 0 Å². The molecule has 0 aromatic carbocycles. The SMILES string of the molecule is CN1CCn2cc(C(=O)NO)cc2C1. The Kier molecular flexibility index (Phi) is 2.26. The fraction of sp³-hybridized carbons (Fsp3) is 0.444. The molecule has 0 fully saturated rings. The lowest BCUT2D eigenvalue weighted by Crippen LogP contribution is -2.29. The van der Waals surface area contributed by atoms with Crippen molar-refractivity contribution in [2.75, 3.05) is 13.6 Å². The van der Waals surface area contributed by atoms with Crippen LogP contribution in [0.1, 0.15) is 16.1 Å². The number of hydroxylamine groups is 1. The maximum absolute atomic E-state index is 11.1. The quantitative estimate of drug-likeness (QED) is 0.492. The minimum absolute atomic E-state index is 0.449. The fourth-order valence-corrected chi connectivity index (χ4v) is 1.72. The van der Waals surface area contributed by atoms with Crippen LogP contribution in [0, 0.1) is 0 Å². The van der Waals surface area contributed by atoms with Crippen LogP contribution in [0.15, 0.2) is 12.3 Å². The van der Waals surface area contributed by atoms with E-state index in [1.807, 2.05) is 11.6 Å². The highest BCUT2D eigenvalue weighted by atomic mass is 16.5. The highest BCUT2D eigenvalue weighted by Crippen LogP contribution is 2.14. The summed E-state index contributed by atoms with van der Waals surface area (Å²) in [5, 5.41) is 8.48. The first kappa shape index (κ1) is 9.23. The van der Waals surface area contributed by atoms with Crippen LogP contribution in [0.5, 0.6) is 0 Å². The Labute approximate surface area is 81.9 Å². The Bertz CT molecular complexity index is 359. The third-order valence-corrected chi connectivity index (χ3v) is 2.50. The topological polar surface area (TPSA) is 57.5 Å². The highest BCUT2D eigenvalue weighted by Gasteiger charge is 2.16. The van der Waals surface area contributed by atoms with Gasteiger partial charge in [-0.15, -0.1) is 0 Å². The van der Waals surface area contributed by atoms with Gasteiger partial charge < -0.3 is 4.57 Å². The summed E-state index contributed by atoms with van der Waals surface area (Å²) in [5.74, 6) is -0.449. The molecule has 0 bridgehead atoms. The van der Waals surface area contributed by atoms with Crippen LogP contribution in [0.2, 0.25) is 0 Å². The monoisotopic (exact) mass is 195 g/mol. The van der Waals surface area contributed by atoms with Gasteiger partial charge in [-0.1, -0.05) is 0 Å². The van der Waals surface area contributed by atoms with E-state index in [1.54, 1.807) is 17.7 Å². The predicted molar refractivity (Wildman–Crippen MR) is 50.0 cm³/mol. The molecular weight excluding hydrogens is 182 g/mol. The fourth-order valence-electron chi connectivity index (χ4n) is 1.72. The normalized spacial score (nSPS) is 16.4. The number of amides is 1. The molecule has 1 aromatic rings. The summed E-state index contributed by atoms with van der Waals surface area (Å²) in [7, 11) is 2.04. The lowest BCUT2D eigenvalue weighted by Gasteiger charge is -2.24. The number of hydrogen-bond acceptors (Lipinski definition) is 3. The minimum atomic E-state index is -0.449. The Morgan fingerprint density at radius 2 is 2.36 bits per heavy atom. The summed E-state index contributed by atoms with van der Waals surface area (Å²) in [6.45, 7) is 2.73. The van der Waals surface area contributed by atoms with Crippen molar-refractivity contribution in [3.8, 4) is 0 Å². The van der Waals surface area contributed by atoms with E-state index in [9.17, 15) is 4.79 Å². The number of carbonyl (C=O) groups is 1. The molecular formula is C9H13N3O2. The second-order valence-electron chi connectivity index (χ2n) is 3.59. The van der Waals surface area contributed by atoms with E-state index in [4.69, 9.17) is 5.21 Å². The standard InChI is InChI=1S/C9H13N3O2/c1-11-2-3-12-5-7(9(13)10-14)4-8(12)6-11/h4-5,14H,2-3,6H2,1H3,(H,10,13). The van der Waals surface area contributed by atoms with Crippen LogP contribution in [-0.2, 0) is 13.1 Å². The van der Waals surface area contributed by atoms with Gasteiger partial charge in [0, 0.05) is 31.5 Å². The molecule has 2 N–H and O–H groups in total. The Hall–Kier alpha value is -1.33. The van der Waals surface area contributed by atoms with Crippen LogP contribution in [0.25, 0.3) is 0 Å². The zero-order valence-corrected chi connectivity index (χ0v) is 8.03. The molecule has 0 radical (unpaired) electrons. The van der Waals surface area contributed by atoms with Gasteiger partial charge >= 0.3 is 0 Å². The van der Waals surface area contributed by atoms with Crippen LogP contribution in [-0.4, -0.2) is 34.2 Å². The molecule has 0 atom stereocenters. The highest BCUT2D eigenvalue weighted by molar-refractivity contribution is 5.93. The van der Waals surface area contributed by atoms with E-state index >= 15 is 0 Å². The second-order valence-corrected chi connectivity index (χ2v) is 3.59. The van der Waals surface area contributed by atoms with E-state index in [1.165, 1.54) is 0 Å². The summed E-state index contributed by atoms with van der Waals surface area (Å²) >= 11 is 0. The van der Waals surface area contributed by atoms with Gasteiger partial charge in [-0.2, -0.15) is 0 Å². The molecule has 1 aromatic heterocycles. The van der Waals surface area contributed by atoms with Crippen molar-refractivity contribution in [1.29, 1.82) is 0 Å². The van der Waals surface area contributed by atoms with Gasteiger partial charge in [0.25, 0.3) is 5.91 Å². The third kappa shape index (κ3) is 1.51. The van der Waals surface area contributed by atoms with E-state index in [-0.39, 0.29) is 0 Å². The van der Waals surface area contributed by atoms with Crippen molar-refractivity contribution < 1.29 is 10.0 Å². The predicted octanol–water partition coefficient (Wildman–Crippen LogP) is 0.0525. The number of nitrogens with zero attached hydrogens (tertiary/aromatic N) is 2. The third-order valence-electron chi connectivity index (χ3n) is 2.50. The first-order valence-corrected chi connectivity index (χ1v) is 4.53. The summed E-state index contributed by atoms with van der Waals surface area (Å²) in [6.07, 6.45) is 1.77. The molecule has 76 valence electrons. The maximum atomic E-state index is 11.1. The Morgan fingerprint density at radius 1 is 1.57 bits per heavy atom. The van der Waals surface area contributed by atoms with Gasteiger partial charge in [0.2, 0.25) is 0 Å². The largest absolute Gasteiger partial charge is 0.348 e. The molecule has 5 heteroatoms. The Morgan fingerprint density at radius 3 is 3.07 bits per heavy atom. The summed E-state index contributed by atoms with van der Waals surface area (Å²) in [5.41, 5.74) is 3.26. The van der Waals surface area contributed by atoms with E-state index in [0.29, 0.717) is 5.56 Å². The van der Waals surface area contributed by atoms with Crippen LogP contribution in [0.4, 0.5) is 0 Å². The smallest absolute Gasteiger partial charge is 0.276 e. The number of nitrogens with one attached hydrogen (secondary N) is 1. The lowest BCUT2D eigenvalue weighted by atomic mass is 10.3. The lowest BCUT2D eigenvalue weighted by molar-refractivity contribution is 0.0706. The van der Waals surface area contributed by atoms with Crippen LogP contribution >= 0.6 is 0 Å². The zero-order valence-electron chi connectivity index (χ0n) is 8.03. The number of hydrogen-bond donors (Lipinski definition) is 2. The number of rotatable bonds is 1. The van der Waals surface area contributed by atoms with Gasteiger partial charge in [0.15, 0.2) is 0 Å². The zero-order chi connectivity index (χ0) is 10.1. The van der Waals surface area contributed by atoms with Gasteiger partial charge in [-0.05, 0) is 13.1 Å². The Balaban J connectivity index is 2.27. The molecule has 1 amide bonds. The minimum Gasteiger partial charge on any atom is -0.348 e. The molecule has 0 saturated carbocycles. The van der Waals surface area contributed by atoms with Crippen molar-refractivity contribution in [2.45, 2.75) is 13.1 Å². The maximum Gasteiger partial charge on any atom is 0.276 e. The molecule has 0 saturated heterocycles. The molecule has 2 heterocycles. The van der Waals surface area contributed by atoms with E-state index in [0.717, 1.165) is 25.3 Å². The first-order chi connectivity index (χ1) is 6.70. The van der Waals surface area contributed by atoms with E-state index in [2.05, 4.69) is 4.90 Å². The molecule has 0 aliphatic carbocycles. The van der Waals surface area contributed by atoms with Gasteiger partial charge in [-0.25, -0.2) is 5.48 Å². The van der Waals surface area contributed by atoms with Crippen molar-refractivity contribution in [3.05, 3.63) is 23.5 Å². The number of fused-ring (bicyclic) bond motifs is 1. The second kappa shape index (κ2) is 3.43. The van der Waals surface area contributed by atoms with Gasteiger partial charge in [-0.3, -0.25) is 14.9 Å². The number of carbonyl (C=O) groups excluding carboxylic acids is 1. The van der Waals surface area contributed by atoms with Crippen molar-refractivity contribution in [2.24, 2.45) is 0 Å². The summed E-state index contributed by atoms with van der Waals surface area (Å²) in [4.78, 5) is 13.3. The molecule has 14 heavy (non-hydrogen) atoms. The molecule has 1 aliphatic heterocycles. The summed E-state index contributed by atoms with van der Waals surface area (Å²) < 4.78 is 2.05.